The van der Waals surface area contributed by atoms with Gasteiger partial charge in [-0.3, -0.25) is 14.7 Å². The van der Waals surface area contributed by atoms with Gasteiger partial charge in [-0.25, -0.2) is 0 Å². The molecule has 1 saturated heterocycles. The molecule has 0 radical (unpaired) electrons. The number of aliphatic imine (C=N–C) groups is 1. The van der Waals surface area contributed by atoms with Gasteiger partial charge in [0, 0.05) is 51.2 Å². The van der Waals surface area contributed by atoms with Gasteiger partial charge in [0.1, 0.15) is 0 Å². The van der Waals surface area contributed by atoms with E-state index in [4.69, 9.17) is 0 Å². The lowest BCUT2D eigenvalue weighted by molar-refractivity contribution is -0.121. The van der Waals surface area contributed by atoms with E-state index in [1.165, 1.54) is 51.5 Å². The minimum absolute atomic E-state index is 0. The van der Waals surface area contributed by atoms with E-state index in [0.717, 1.165) is 31.4 Å². The van der Waals surface area contributed by atoms with Gasteiger partial charge in [-0.05, 0) is 32.1 Å². The minimum atomic E-state index is 0. The van der Waals surface area contributed by atoms with E-state index in [0.29, 0.717) is 25.0 Å². The lowest BCUT2D eigenvalue weighted by atomic mass is 10.2. The van der Waals surface area contributed by atoms with E-state index in [2.05, 4.69) is 25.8 Å². The van der Waals surface area contributed by atoms with Crippen LogP contribution in [-0.4, -0.2) is 61.6 Å². The smallest absolute Gasteiger partial charge is 0.221 e. The summed E-state index contributed by atoms with van der Waals surface area (Å²) in [7, 11) is 1.80. The predicted octanol–water partition coefficient (Wildman–Crippen LogP) is 2.24. The molecule has 1 heterocycles. The topological polar surface area (TPSA) is 68.8 Å². The van der Waals surface area contributed by atoms with Gasteiger partial charge in [0.05, 0.1) is 0 Å². The van der Waals surface area contributed by atoms with Crippen LogP contribution >= 0.6 is 24.0 Å². The number of nitrogens with zero attached hydrogens (tertiary/aromatic N) is 2. The quantitative estimate of drug-likeness (QED) is 0.312. The first-order valence-corrected chi connectivity index (χ1v) is 10.2. The highest BCUT2D eigenvalue weighted by Crippen LogP contribution is 2.26. The molecule has 3 N–H and O–H groups in total. The van der Waals surface area contributed by atoms with Gasteiger partial charge in [0.2, 0.25) is 5.91 Å². The van der Waals surface area contributed by atoms with E-state index in [-0.39, 0.29) is 29.9 Å². The molecule has 7 heteroatoms. The summed E-state index contributed by atoms with van der Waals surface area (Å²) in [5.41, 5.74) is 0. The van der Waals surface area contributed by atoms with Crippen LogP contribution in [0, 0.1) is 0 Å². The van der Waals surface area contributed by atoms with Crippen LogP contribution in [0.15, 0.2) is 4.99 Å². The lowest BCUT2D eigenvalue weighted by Gasteiger charge is -2.24. The fourth-order valence-electron chi connectivity index (χ4n) is 4.56. The Labute approximate surface area is 175 Å². The molecule has 3 aliphatic rings. The summed E-state index contributed by atoms with van der Waals surface area (Å²) in [6.07, 6.45) is 12.0. The summed E-state index contributed by atoms with van der Waals surface area (Å²) in [4.78, 5) is 18.9. The Morgan fingerprint density at radius 3 is 2.38 bits per heavy atom. The SMILES string of the molecule is CN=C(NCCC(=O)NC1CCCC1)NC1CCN(C2CCCC2)C1.I. The second-order valence-corrected chi connectivity index (χ2v) is 7.86. The Balaban J connectivity index is 0.00000243. The number of nitrogens with one attached hydrogen (secondary N) is 3. The molecule has 0 bridgehead atoms. The zero-order valence-electron chi connectivity index (χ0n) is 16.1. The number of halogens is 1. The summed E-state index contributed by atoms with van der Waals surface area (Å²) in [6, 6.07) is 1.69. The third-order valence-electron chi connectivity index (χ3n) is 5.99. The van der Waals surface area contributed by atoms with E-state index in [1.54, 1.807) is 7.05 Å². The predicted molar refractivity (Wildman–Crippen MR) is 117 cm³/mol. The maximum absolute atomic E-state index is 12.0. The highest BCUT2D eigenvalue weighted by molar-refractivity contribution is 14.0. The fraction of sp³-hybridized carbons (Fsp3) is 0.895. The molecule has 1 aliphatic heterocycles. The summed E-state index contributed by atoms with van der Waals surface area (Å²) >= 11 is 0. The Morgan fingerprint density at radius 1 is 1.00 bits per heavy atom. The second kappa shape index (κ2) is 11.3. The highest BCUT2D eigenvalue weighted by atomic mass is 127. The molecular formula is C19H36IN5O. The monoisotopic (exact) mass is 477 g/mol. The number of guanidine groups is 1. The molecule has 0 aromatic heterocycles. The molecule has 3 fully saturated rings. The van der Waals surface area contributed by atoms with Crippen molar-refractivity contribution in [3.05, 3.63) is 0 Å². The summed E-state index contributed by atoms with van der Waals surface area (Å²) < 4.78 is 0. The molecule has 26 heavy (non-hydrogen) atoms. The molecule has 150 valence electrons. The minimum Gasteiger partial charge on any atom is -0.356 e. The number of likely N-dealkylation sites (tertiary alicyclic amines) is 1. The number of carbonyl (C=O) groups is 1. The number of hydrogen-bond donors (Lipinski definition) is 3. The van der Waals surface area contributed by atoms with Crippen molar-refractivity contribution in [2.75, 3.05) is 26.7 Å². The normalized spacial score (nSPS) is 25.3. The van der Waals surface area contributed by atoms with Gasteiger partial charge in [0.25, 0.3) is 0 Å². The first-order chi connectivity index (χ1) is 12.2. The van der Waals surface area contributed by atoms with Crippen LogP contribution in [0.25, 0.3) is 0 Å². The van der Waals surface area contributed by atoms with Crippen LogP contribution in [0.4, 0.5) is 0 Å². The van der Waals surface area contributed by atoms with Gasteiger partial charge < -0.3 is 16.0 Å². The van der Waals surface area contributed by atoms with Crippen molar-refractivity contribution in [1.82, 2.24) is 20.9 Å². The van der Waals surface area contributed by atoms with Crippen LogP contribution in [0.3, 0.4) is 0 Å². The summed E-state index contributed by atoms with van der Waals surface area (Å²) in [6.45, 7) is 2.95. The molecule has 1 atom stereocenters. The molecule has 0 aromatic rings. The first kappa shape index (κ1) is 21.7. The molecular weight excluding hydrogens is 441 g/mol. The van der Waals surface area contributed by atoms with Crippen molar-refractivity contribution >= 4 is 35.8 Å². The molecule has 2 aliphatic carbocycles. The van der Waals surface area contributed by atoms with Gasteiger partial charge in [-0.2, -0.15) is 0 Å². The first-order valence-electron chi connectivity index (χ1n) is 10.2. The number of hydrogen-bond acceptors (Lipinski definition) is 3. The lowest BCUT2D eigenvalue weighted by Crippen LogP contribution is -2.46. The van der Waals surface area contributed by atoms with Crippen LogP contribution in [0.1, 0.15) is 64.2 Å². The Kier molecular flexibility index (Phi) is 9.45. The zero-order chi connectivity index (χ0) is 17.5. The van der Waals surface area contributed by atoms with Crippen molar-refractivity contribution in [1.29, 1.82) is 0 Å². The van der Waals surface area contributed by atoms with E-state index < -0.39 is 0 Å². The van der Waals surface area contributed by atoms with E-state index in [1.807, 2.05) is 0 Å². The average molecular weight is 477 g/mol. The van der Waals surface area contributed by atoms with Crippen molar-refractivity contribution < 1.29 is 4.79 Å². The molecule has 2 saturated carbocycles. The molecule has 1 amide bonds. The van der Waals surface area contributed by atoms with Crippen LogP contribution in [0.5, 0.6) is 0 Å². The van der Waals surface area contributed by atoms with E-state index in [9.17, 15) is 4.79 Å². The third kappa shape index (κ3) is 6.55. The summed E-state index contributed by atoms with van der Waals surface area (Å²) in [5, 5.41) is 9.96. The molecule has 3 rings (SSSR count). The van der Waals surface area contributed by atoms with Gasteiger partial charge in [-0.15, -0.1) is 24.0 Å². The maximum Gasteiger partial charge on any atom is 0.221 e. The van der Waals surface area contributed by atoms with Crippen molar-refractivity contribution in [2.45, 2.75) is 82.3 Å². The van der Waals surface area contributed by atoms with Crippen molar-refractivity contribution in [2.24, 2.45) is 4.99 Å². The van der Waals surface area contributed by atoms with E-state index >= 15 is 0 Å². The second-order valence-electron chi connectivity index (χ2n) is 7.86. The van der Waals surface area contributed by atoms with Gasteiger partial charge >= 0.3 is 0 Å². The fourth-order valence-corrected chi connectivity index (χ4v) is 4.56. The zero-order valence-corrected chi connectivity index (χ0v) is 18.5. The average Bonchev–Trinajstić information content (AvgIpc) is 3.35. The van der Waals surface area contributed by atoms with Gasteiger partial charge in [0.15, 0.2) is 5.96 Å². The standard InChI is InChI=1S/C19H35N5O.HI/c1-20-19(21-12-10-18(25)22-15-6-2-3-7-15)23-16-11-13-24(14-16)17-8-4-5-9-17;/h15-17H,2-14H2,1H3,(H,22,25)(H2,20,21,23);1H. The van der Waals surface area contributed by atoms with Gasteiger partial charge in [-0.1, -0.05) is 25.7 Å². The molecule has 0 spiro atoms. The highest BCUT2D eigenvalue weighted by Gasteiger charge is 2.30. The molecule has 6 nitrogen and oxygen atoms in total. The van der Waals surface area contributed by atoms with Crippen LogP contribution in [0.2, 0.25) is 0 Å². The number of rotatable bonds is 6. The Bertz CT molecular complexity index is 461. The maximum atomic E-state index is 12.0. The van der Waals surface area contributed by atoms with Crippen LogP contribution in [-0.2, 0) is 4.79 Å². The third-order valence-corrected chi connectivity index (χ3v) is 5.99. The Hall–Kier alpha value is -0.570. The van der Waals surface area contributed by atoms with Crippen molar-refractivity contribution in [3.63, 3.8) is 0 Å². The molecule has 1 unspecified atom stereocenters. The number of amides is 1. The van der Waals surface area contributed by atoms with Crippen LogP contribution < -0.4 is 16.0 Å². The summed E-state index contributed by atoms with van der Waals surface area (Å²) in [5.74, 6) is 0.982. The Morgan fingerprint density at radius 2 is 1.69 bits per heavy atom. The number of carbonyl (C=O) groups excluding carboxylic acids is 1. The largest absolute Gasteiger partial charge is 0.356 e. The molecule has 0 aromatic carbocycles. The van der Waals surface area contributed by atoms with Crippen molar-refractivity contribution in [3.8, 4) is 0 Å².